The maximum Gasteiger partial charge on any atom is 0.327 e. The minimum atomic E-state index is -0.992. The van der Waals surface area contributed by atoms with Gasteiger partial charge in [-0.2, -0.15) is 0 Å². The molecule has 6 heteroatoms. The van der Waals surface area contributed by atoms with E-state index < -0.39 is 12.0 Å². The fraction of sp³-hybridized carbons (Fsp3) is 0.231. The molecule has 1 fully saturated rings. The summed E-state index contributed by atoms with van der Waals surface area (Å²) in [6, 6.07) is 4.93. The molecule has 1 aliphatic rings. The smallest absolute Gasteiger partial charge is 0.327 e. The van der Waals surface area contributed by atoms with Crippen LogP contribution in [0.25, 0.3) is 6.08 Å². The second kappa shape index (κ2) is 5.88. The third kappa shape index (κ3) is 3.35. The quantitative estimate of drug-likeness (QED) is 0.859. The molecule has 0 aliphatic carbocycles. The van der Waals surface area contributed by atoms with Gasteiger partial charge in [0.25, 0.3) is 0 Å². The number of thioether (sulfide) groups is 1. The summed E-state index contributed by atoms with van der Waals surface area (Å²) in [6.07, 6.45) is 2.86. The average molecular weight is 281 g/mol. The molecule has 1 N–H and O–H groups in total. The van der Waals surface area contributed by atoms with Crippen LogP contribution in [0.4, 0.5) is 4.39 Å². The summed E-state index contributed by atoms with van der Waals surface area (Å²) in [6.45, 7) is 0. The zero-order chi connectivity index (χ0) is 13.8. The predicted octanol–water partition coefficient (Wildman–Crippen LogP) is 1.82. The first-order chi connectivity index (χ1) is 9.08. The van der Waals surface area contributed by atoms with Gasteiger partial charge in [-0.25, -0.2) is 9.18 Å². The van der Waals surface area contributed by atoms with Crippen LogP contribution in [0.1, 0.15) is 5.56 Å². The third-order valence-corrected chi connectivity index (χ3v) is 3.75. The lowest BCUT2D eigenvalue weighted by Crippen LogP contribution is -2.40. The molecule has 1 aromatic carbocycles. The van der Waals surface area contributed by atoms with Crippen molar-refractivity contribution in [2.24, 2.45) is 0 Å². The molecule has 19 heavy (non-hydrogen) atoms. The highest BCUT2D eigenvalue weighted by atomic mass is 32.2. The van der Waals surface area contributed by atoms with Gasteiger partial charge < -0.3 is 10.0 Å². The number of amides is 1. The number of carbonyl (C=O) groups excluding carboxylic acids is 1. The van der Waals surface area contributed by atoms with Gasteiger partial charge in [0.15, 0.2) is 0 Å². The number of benzene rings is 1. The van der Waals surface area contributed by atoms with Gasteiger partial charge in [0.2, 0.25) is 5.91 Å². The molecule has 100 valence electrons. The zero-order valence-electron chi connectivity index (χ0n) is 9.95. The first-order valence-electron chi connectivity index (χ1n) is 5.63. The van der Waals surface area contributed by atoms with E-state index in [4.69, 9.17) is 5.11 Å². The van der Waals surface area contributed by atoms with Crippen molar-refractivity contribution in [3.8, 4) is 0 Å². The van der Waals surface area contributed by atoms with E-state index >= 15 is 0 Å². The number of rotatable bonds is 3. The van der Waals surface area contributed by atoms with Crippen molar-refractivity contribution in [3.05, 3.63) is 41.7 Å². The van der Waals surface area contributed by atoms with Gasteiger partial charge >= 0.3 is 5.97 Å². The molecule has 0 bridgehead atoms. The summed E-state index contributed by atoms with van der Waals surface area (Å²) < 4.78 is 12.7. The molecule has 0 aromatic heterocycles. The SMILES string of the molecule is O=C(O)C1CSCN1C(=O)/C=C/c1ccc(F)cc1. The van der Waals surface area contributed by atoms with E-state index in [1.807, 2.05) is 0 Å². The Morgan fingerprint density at radius 1 is 1.37 bits per heavy atom. The summed E-state index contributed by atoms with van der Waals surface area (Å²) in [4.78, 5) is 24.2. The van der Waals surface area contributed by atoms with Gasteiger partial charge in [-0.1, -0.05) is 12.1 Å². The van der Waals surface area contributed by atoms with Crippen molar-refractivity contribution in [3.63, 3.8) is 0 Å². The Hall–Kier alpha value is -1.82. The van der Waals surface area contributed by atoms with Gasteiger partial charge in [0, 0.05) is 11.8 Å². The summed E-state index contributed by atoms with van der Waals surface area (Å²) >= 11 is 1.41. The number of hydrogen-bond donors (Lipinski definition) is 1. The van der Waals surface area contributed by atoms with Crippen LogP contribution in [0, 0.1) is 5.82 Å². The highest BCUT2D eigenvalue weighted by Gasteiger charge is 2.33. The van der Waals surface area contributed by atoms with Crippen molar-refractivity contribution < 1.29 is 19.1 Å². The molecule has 0 saturated carbocycles. The molecular formula is C13H12FNO3S. The largest absolute Gasteiger partial charge is 0.480 e. The molecule has 1 amide bonds. The number of carbonyl (C=O) groups is 2. The van der Waals surface area contributed by atoms with E-state index in [9.17, 15) is 14.0 Å². The molecule has 1 heterocycles. The lowest BCUT2D eigenvalue weighted by atomic mass is 10.2. The van der Waals surface area contributed by atoms with Crippen LogP contribution in [0.15, 0.2) is 30.3 Å². The first kappa shape index (κ1) is 13.6. The highest BCUT2D eigenvalue weighted by molar-refractivity contribution is 7.99. The van der Waals surface area contributed by atoms with Crippen LogP contribution < -0.4 is 0 Å². The van der Waals surface area contributed by atoms with E-state index in [1.54, 1.807) is 18.2 Å². The summed E-state index contributed by atoms with van der Waals surface area (Å²) in [5.41, 5.74) is 0.688. The molecule has 0 spiro atoms. The van der Waals surface area contributed by atoms with Gasteiger partial charge in [-0.3, -0.25) is 4.79 Å². The summed E-state index contributed by atoms with van der Waals surface area (Å²) in [7, 11) is 0. The molecule has 1 unspecified atom stereocenters. The Kier molecular flexibility index (Phi) is 4.21. The summed E-state index contributed by atoms with van der Waals surface area (Å²) in [5, 5.41) is 8.98. The molecule has 1 saturated heterocycles. The van der Waals surface area contributed by atoms with E-state index in [1.165, 1.54) is 34.9 Å². The number of nitrogens with zero attached hydrogens (tertiary/aromatic N) is 1. The Bertz CT molecular complexity index is 515. The number of halogens is 1. The number of aliphatic carboxylic acids is 1. The lowest BCUT2D eigenvalue weighted by molar-refractivity contribution is -0.146. The van der Waals surface area contributed by atoms with E-state index in [0.717, 1.165) is 0 Å². The van der Waals surface area contributed by atoms with Crippen LogP contribution in [-0.4, -0.2) is 39.6 Å². The first-order valence-corrected chi connectivity index (χ1v) is 6.78. The van der Waals surface area contributed by atoms with Gasteiger partial charge in [0.05, 0.1) is 5.88 Å². The standard InChI is InChI=1S/C13H12FNO3S/c14-10-4-1-9(2-5-10)3-6-12(16)15-8-19-7-11(15)13(17)18/h1-6,11H,7-8H2,(H,17,18)/b6-3+. The number of carboxylic acid groups (broad SMARTS) is 1. The zero-order valence-corrected chi connectivity index (χ0v) is 10.8. The Labute approximate surface area is 113 Å². The van der Waals surface area contributed by atoms with Crippen molar-refractivity contribution in [2.75, 3.05) is 11.6 Å². The van der Waals surface area contributed by atoms with Crippen molar-refractivity contribution in [2.45, 2.75) is 6.04 Å². The molecule has 4 nitrogen and oxygen atoms in total. The number of hydrogen-bond acceptors (Lipinski definition) is 3. The Morgan fingerprint density at radius 2 is 2.05 bits per heavy atom. The normalized spacial score (nSPS) is 19.0. The molecule has 1 aliphatic heterocycles. The summed E-state index contributed by atoms with van der Waals surface area (Å²) in [5.74, 6) is -0.893. The Balaban J connectivity index is 2.04. The average Bonchev–Trinajstić information content (AvgIpc) is 2.87. The van der Waals surface area contributed by atoms with E-state index in [-0.39, 0.29) is 11.7 Å². The van der Waals surface area contributed by atoms with Gasteiger partial charge in [0.1, 0.15) is 11.9 Å². The van der Waals surface area contributed by atoms with Gasteiger partial charge in [-0.05, 0) is 23.8 Å². The van der Waals surface area contributed by atoms with Gasteiger partial charge in [-0.15, -0.1) is 11.8 Å². The Morgan fingerprint density at radius 3 is 2.68 bits per heavy atom. The lowest BCUT2D eigenvalue weighted by Gasteiger charge is -2.18. The van der Waals surface area contributed by atoms with E-state index in [0.29, 0.717) is 17.2 Å². The number of carboxylic acids is 1. The maximum absolute atomic E-state index is 12.7. The third-order valence-electron chi connectivity index (χ3n) is 2.74. The maximum atomic E-state index is 12.7. The fourth-order valence-corrected chi connectivity index (χ4v) is 2.86. The minimum absolute atomic E-state index is 0.342. The van der Waals surface area contributed by atoms with Crippen molar-refractivity contribution >= 4 is 29.7 Å². The predicted molar refractivity (Wildman–Crippen MR) is 71.0 cm³/mol. The topological polar surface area (TPSA) is 57.6 Å². The monoisotopic (exact) mass is 281 g/mol. The van der Waals surface area contributed by atoms with Crippen LogP contribution in [0.3, 0.4) is 0 Å². The fourth-order valence-electron chi connectivity index (χ4n) is 1.70. The highest BCUT2D eigenvalue weighted by Crippen LogP contribution is 2.21. The minimum Gasteiger partial charge on any atom is -0.480 e. The molecule has 0 radical (unpaired) electrons. The molecule has 1 aromatic rings. The second-order valence-corrected chi connectivity index (χ2v) is 5.05. The second-order valence-electron chi connectivity index (χ2n) is 4.05. The van der Waals surface area contributed by atoms with Crippen molar-refractivity contribution in [1.29, 1.82) is 0 Å². The van der Waals surface area contributed by atoms with Crippen LogP contribution in [0.5, 0.6) is 0 Å². The molecule has 1 atom stereocenters. The van der Waals surface area contributed by atoms with Crippen molar-refractivity contribution in [1.82, 2.24) is 4.90 Å². The molecular weight excluding hydrogens is 269 g/mol. The van der Waals surface area contributed by atoms with Crippen LogP contribution >= 0.6 is 11.8 Å². The molecule has 2 rings (SSSR count). The van der Waals surface area contributed by atoms with E-state index in [2.05, 4.69) is 0 Å². The van der Waals surface area contributed by atoms with Crippen LogP contribution in [-0.2, 0) is 9.59 Å². The van der Waals surface area contributed by atoms with Crippen LogP contribution in [0.2, 0.25) is 0 Å².